The van der Waals surface area contributed by atoms with Crippen molar-refractivity contribution < 1.29 is 53.3 Å². The van der Waals surface area contributed by atoms with Gasteiger partial charge in [0.2, 0.25) is 11.8 Å². The summed E-state index contributed by atoms with van der Waals surface area (Å²) in [6, 6.07) is 32.9. The van der Waals surface area contributed by atoms with E-state index in [-0.39, 0.29) is 25.8 Å². The van der Waals surface area contributed by atoms with Gasteiger partial charge in [-0.2, -0.15) is 0 Å². The molecule has 0 heterocycles. The molecule has 0 unspecified atom stereocenters. The SMILES string of the molecule is CC(C)(C)OC(=O)N[C@@H](Cc1ccccc1)C(=O)N[C@@H](Cc1ccccc1)C(=O)O.C[B]OOCB=O.N[C@@H](Cc1ccccc1)C(=O)N[C@@H](Cc1ccccc1)C(=O)O. The fourth-order valence-corrected chi connectivity index (χ4v) is 5.26. The van der Waals surface area contributed by atoms with E-state index >= 15 is 0 Å². The second-order valence-corrected chi connectivity index (χ2v) is 14.1. The average Bonchev–Trinajstić information content (AvgIpc) is 3.21. The van der Waals surface area contributed by atoms with Crippen molar-refractivity contribution in [2.45, 2.75) is 83.0 Å². The number of rotatable bonds is 19. The third-order valence-electron chi connectivity index (χ3n) is 8.02. The van der Waals surface area contributed by atoms with Gasteiger partial charge in [-0.05, 0) is 49.4 Å². The van der Waals surface area contributed by atoms with Gasteiger partial charge in [-0.3, -0.25) is 9.59 Å². The number of carbonyl (C=O) groups excluding carboxylic acids is 3. The summed E-state index contributed by atoms with van der Waals surface area (Å²) in [4.78, 5) is 68.8. The number of carboxylic acids is 2. The van der Waals surface area contributed by atoms with Gasteiger partial charge in [0.25, 0.3) is 0 Å². The molecule has 4 aromatic carbocycles. The fourth-order valence-electron chi connectivity index (χ4n) is 5.26. The van der Waals surface area contributed by atoms with Crippen molar-refractivity contribution in [2.24, 2.45) is 5.73 Å². The van der Waals surface area contributed by atoms with E-state index in [9.17, 15) is 38.9 Å². The molecule has 0 aliphatic carbocycles. The Balaban J connectivity index is 0.000000365. The first-order chi connectivity index (χ1) is 28.6. The Hall–Kier alpha value is -6.16. The van der Waals surface area contributed by atoms with Gasteiger partial charge in [0.1, 0.15) is 23.7 Å². The van der Waals surface area contributed by atoms with Crippen LogP contribution in [0.2, 0.25) is 6.82 Å². The van der Waals surface area contributed by atoms with Crippen molar-refractivity contribution in [2.75, 3.05) is 6.51 Å². The minimum absolute atomic E-state index is 0.00958. The number of nitrogens with two attached hydrogens (primary N) is 1. The van der Waals surface area contributed by atoms with Crippen LogP contribution in [-0.4, -0.2) is 91.0 Å². The third-order valence-corrected chi connectivity index (χ3v) is 8.02. The summed E-state index contributed by atoms with van der Waals surface area (Å²) in [5.41, 5.74) is 8.54. The van der Waals surface area contributed by atoms with Crippen LogP contribution in [0.15, 0.2) is 121 Å². The van der Waals surface area contributed by atoms with Gasteiger partial charge >= 0.3 is 60.4 Å². The molecule has 0 bridgehead atoms. The van der Waals surface area contributed by atoms with Crippen LogP contribution >= 0.6 is 0 Å². The standard InChI is InChI=1S/C23H28N2O5.C18H20N2O3.C2H5B2O3/c1-23(2,3)30-22(29)25-18(14-16-10-6-4-7-11-16)20(26)24-19(21(27)28)15-17-12-8-5-9-13-17;19-15(11-13-7-3-1-4-8-13)17(21)20-16(18(22)23)12-14-9-5-2-6-10-14;1-3-7-6-2-4-5/h4-13,18-19H,14-15H2,1-3H3,(H,24,26)(H,25,29)(H,27,28);1-10,15-16H,11-12,19H2,(H,20,21)(H,22,23);2H2,1H3/t18-,19-;15-,16-;/m00./s1. The smallest absolute Gasteiger partial charge is 0.326 e. The van der Waals surface area contributed by atoms with E-state index in [1.807, 2.05) is 97.1 Å². The first-order valence-electron chi connectivity index (χ1n) is 19.1. The first-order valence-corrected chi connectivity index (χ1v) is 19.1. The number of carboxylic acid groups (broad SMARTS) is 2. The van der Waals surface area contributed by atoms with E-state index < -0.39 is 59.6 Å². The summed E-state index contributed by atoms with van der Waals surface area (Å²) in [6.45, 7) is 6.81. The maximum Gasteiger partial charge on any atom is 0.326 e. The van der Waals surface area contributed by atoms with Crippen LogP contribution in [-0.2, 0) is 64.0 Å². The van der Waals surface area contributed by atoms with E-state index in [4.69, 9.17) is 10.5 Å². The number of amides is 3. The largest absolute Gasteiger partial charge is 0.480 e. The van der Waals surface area contributed by atoms with Crippen LogP contribution in [0.3, 0.4) is 0 Å². The molecule has 0 aromatic heterocycles. The molecule has 1 radical (unpaired) electrons. The zero-order chi connectivity index (χ0) is 44.3. The van der Waals surface area contributed by atoms with Gasteiger partial charge in [0.05, 0.1) is 6.04 Å². The molecular weight excluding hydrogens is 770 g/mol. The summed E-state index contributed by atoms with van der Waals surface area (Å²) < 4.78 is 14.7. The molecule has 4 atom stereocenters. The van der Waals surface area contributed by atoms with E-state index in [2.05, 4.69) is 25.6 Å². The summed E-state index contributed by atoms with van der Waals surface area (Å²) in [7, 11) is 1.97. The van der Waals surface area contributed by atoms with Crippen molar-refractivity contribution >= 4 is 44.5 Å². The van der Waals surface area contributed by atoms with Gasteiger partial charge in [-0.15, -0.1) is 0 Å². The number of ether oxygens (including phenoxy) is 1. The Labute approximate surface area is 351 Å². The van der Waals surface area contributed by atoms with Gasteiger partial charge in [0, 0.05) is 19.3 Å². The number of carbonyl (C=O) groups is 5. The molecule has 7 N–H and O–H groups in total. The van der Waals surface area contributed by atoms with Gasteiger partial charge in [-0.1, -0.05) is 121 Å². The van der Waals surface area contributed by atoms with Crippen molar-refractivity contribution in [1.29, 1.82) is 0 Å². The number of benzene rings is 4. The second kappa shape index (κ2) is 27.5. The van der Waals surface area contributed by atoms with Gasteiger partial charge in [-0.25, -0.2) is 14.4 Å². The number of aliphatic carboxylic acids is 2. The molecular formula is C43H53B2N4O11. The Morgan fingerprint density at radius 2 is 0.967 bits per heavy atom. The van der Waals surface area contributed by atoms with Crippen molar-refractivity contribution in [3.8, 4) is 0 Å². The summed E-state index contributed by atoms with van der Waals surface area (Å²) in [5.74, 6) is -3.28. The monoisotopic (exact) mass is 823 g/mol. The zero-order valence-electron chi connectivity index (χ0n) is 34.2. The quantitative estimate of drug-likeness (QED) is 0.0342. The Morgan fingerprint density at radius 3 is 1.32 bits per heavy atom. The molecule has 4 aromatic rings. The fraction of sp³-hybridized carbons (Fsp3) is 0.326. The van der Waals surface area contributed by atoms with Crippen LogP contribution in [0.4, 0.5) is 4.79 Å². The number of hydrogen-bond donors (Lipinski definition) is 6. The molecule has 0 saturated heterocycles. The van der Waals surface area contributed by atoms with Crippen LogP contribution in [0, 0.1) is 0 Å². The zero-order valence-corrected chi connectivity index (χ0v) is 34.2. The van der Waals surface area contributed by atoms with Crippen LogP contribution in [0.1, 0.15) is 43.0 Å². The van der Waals surface area contributed by atoms with Crippen LogP contribution < -0.4 is 21.7 Å². The summed E-state index contributed by atoms with van der Waals surface area (Å²) in [5, 5.41) is 26.5. The molecule has 3 amide bonds. The molecule has 317 valence electrons. The van der Waals surface area contributed by atoms with Crippen molar-refractivity contribution in [3.63, 3.8) is 0 Å². The summed E-state index contributed by atoms with van der Waals surface area (Å²) in [6.07, 6.45) is 0.175. The average molecular weight is 824 g/mol. The normalized spacial score (nSPS) is 12.4. The molecule has 0 saturated carbocycles. The Kier molecular flexibility index (Phi) is 22.9. The number of nitrogens with one attached hydrogen (secondary N) is 3. The van der Waals surface area contributed by atoms with Crippen molar-refractivity contribution in [1.82, 2.24) is 16.0 Å². The number of alkyl carbamates (subject to hydrolysis) is 1. The third kappa shape index (κ3) is 21.6. The maximum absolute atomic E-state index is 12.9. The van der Waals surface area contributed by atoms with E-state index in [1.165, 1.54) is 7.48 Å². The van der Waals surface area contributed by atoms with E-state index in [0.717, 1.165) is 22.3 Å². The van der Waals surface area contributed by atoms with E-state index in [1.54, 1.807) is 51.9 Å². The van der Waals surface area contributed by atoms with Crippen molar-refractivity contribution in [3.05, 3.63) is 144 Å². The molecule has 0 fully saturated rings. The van der Waals surface area contributed by atoms with E-state index in [0.29, 0.717) is 13.6 Å². The molecule has 0 spiro atoms. The Morgan fingerprint density at radius 1 is 0.600 bits per heavy atom. The van der Waals surface area contributed by atoms with Crippen LogP contribution in [0.5, 0.6) is 0 Å². The predicted molar refractivity (Wildman–Crippen MR) is 226 cm³/mol. The topological polar surface area (TPSA) is 233 Å². The molecule has 17 heteroatoms. The minimum Gasteiger partial charge on any atom is -0.480 e. The molecule has 15 nitrogen and oxygen atoms in total. The molecule has 60 heavy (non-hydrogen) atoms. The molecule has 4 rings (SSSR count). The summed E-state index contributed by atoms with van der Waals surface area (Å²) >= 11 is 0. The van der Waals surface area contributed by atoms with Crippen LogP contribution in [0.25, 0.3) is 0 Å². The number of hydrogen-bond acceptors (Lipinski definition) is 10. The van der Waals surface area contributed by atoms with Gasteiger partial charge in [0.15, 0.2) is 0 Å². The second-order valence-electron chi connectivity index (χ2n) is 14.1. The predicted octanol–water partition coefficient (Wildman–Crippen LogP) is 3.91. The molecule has 0 aliphatic heterocycles. The minimum atomic E-state index is -1.15. The van der Waals surface area contributed by atoms with Gasteiger partial charge < -0.3 is 36.6 Å². The molecule has 0 aliphatic rings. The maximum atomic E-state index is 12.9. The first kappa shape index (κ1) is 50.0. The Bertz CT molecular complexity index is 1890.